The lowest BCUT2D eigenvalue weighted by atomic mass is 9.96. The Kier molecular flexibility index (Phi) is 6.83. The van der Waals surface area contributed by atoms with Gasteiger partial charge in [-0.15, -0.1) is 0 Å². The molecule has 5 aromatic rings. The molecule has 0 spiro atoms. The van der Waals surface area contributed by atoms with Crippen molar-refractivity contribution in [2.24, 2.45) is 0 Å². The SMILES string of the molecule is COC(=O)[C@@H]1Cc2c([nH]c3ccccc23)CN1C(=O)COc1ccc2c(C)c(Cc3ccccc3)c(=O)oc2c1C. The first-order valence-corrected chi connectivity index (χ1v) is 13.5. The van der Waals surface area contributed by atoms with Crippen LogP contribution in [0.5, 0.6) is 5.75 Å². The van der Waals surface area contributed by atoms with Crippen molar-refractivity contribution in [3.8, 4) is 5.75 Å². The summed E-state index contributed by atoms with van der Waals surface area (Å²) in [7, 11) is 1.33. The molecule has 1 aliphatic rings. The number of H-pyrrole nitrogens is 1. The third-order valence-electron chi connectivity index (χ3n) is 8.03. The van der Waals surface area contributed by atoms with E-state index in [-0.39, 0.29) is 19.1 Å². The lowest BCUT2D eigenvalue weighted by Crippen LogP contribution is -2.50. The van der Waals surface area contributed by atoms with Gasteiger partial charge in [0.05, 0.1) is 13.7 Å². The molecule has 0 saturated carbocycles. The largest absolute Gasteiger partial charge is 0.483 e. The highest BCUT2D eigenvalue weighted by Crippen LogP contribution is 2.32. The van der Waals surface area contributed by atoms with Crippen molar-refractivity contribution in [3.05, 3.63) is 111 Å². The number of benzene rings is 3. The van der Waals surface area contributed by atoms with E-state index >= 15 is 0 Å². The van der Waals surface area contributed by atoms with Crippen LogP contribution < -0.4 is 10.4 Å². The number of fused-ring (bicyclic) bond motifs is 4. The maximum absolute atomic E-state index is 13.4. The molecule has 3 aromatic carbocycles. The average Bonchev–Trinajstić information content (AvgIpc) is 3.36. The Morgan fingerprint density at radius 3 is 2.51 bits per heavy atom. The number of rotatable bonds is 6. The zero-order chi connectivity index (χ0) is 28.7. The number of nitrogens with zero attached hydrogens (tertiary/aromatic N) is 1. The van der Waals surface area contributed by atoms with Crippen LogP contribution in [0.3, 0.4) is 0 Å². The summed E-state index contributed by atoms with van der Waals surface area (Å²) in [5.41, 5.74) is 6.04. The number of amides is 1. The van der Waals surface area contributed by atoms with E-state index in [1.165, 1.54) is 12.0 Å². The van der Waals surface area contributed by atoms with Gasteiger partial charge in [-0.3, -0.25) is 4.79 Å². The number of nitrogens with one attached hydrogen (secondary N) is 1. The van der Waals surface area contributed by atoms with E-state index in [1.54, 1.807) is 13.0 Å². The first-order valence-electron chi connectivity index (χ1n) is 13.5. The minimum absolute atomic E-state index is 0.237. The molecule has 0 radical (unpaired) electrons. The maximum atomic E-state index is 13.4. The van der Waals surface area contributed by atoms with Crippen molar-refractivity contribution in [1.82, 2.24) is 9.88 Å². The molecule has 0 fully saturated rings. The fourth-order valence-electron chi connectivity index (χ4n) is 5.77. The Labute approximate surface area is 236 Å². The van der Waals surface area contributed by atoms with Gasteiger partial charge in [-0.2, -0.15) is 0 Å². The van der Waals surface area contributed by atoms with Crippen LogP contribution in [0, 0.1) is 13.8 Å². The number of para-hydroxylation sites is 1. The lowest BCUT2D eigenvalue weighted by molar-refractivity contribution is -0.154. The van der Waals surface area contributed by atoms with Crippen molar-refractivity contribution in [3.63, 3.8) is 0 Å². The standard InChI is InChI=1S/C33H30N2O6/c1-19-22-13-14-29(20(2)31(22)41-32(37)24(19)15-21-9-5-4-6-10-21)40-18-30(36)35-17-27-25(16-28(35)33(38)39-3)23-11-7-8-12-26(23)34-27/h4-14,28,34H,15-18H2,1-3H3/t28-/m0/s1. The summed E-state index contributed by atoms with van der Waals surface area (Å²) < 4.78 is 16.8. The molecule has 2 aromatic heterocycles. The van der Waals surface area contributed by atoms with Gasteiger partial charge in [0.1, 0.15) is 17.4 Å². The average molecular weight is 551 g/mol. The highest BCUT2D eigenvalue weighted by atomic mass is 16.5. The van der Waals surface area contributed by atoms with E-state index in [4.69, 9.17) is 13.9 Å². The van der Waals surface area contributed by atoms with Gasteiger partial charge in [-0.25, -0.2) is 9.59 Å². The Balaban J connectivity index is 1.25. The number of methoxy groups -OCH3 is 1. The minimum atomic E-state index is -0.760. The Bertz CT molecular complexity index is 1850. The zero-order valence-corrected chi connectivity index (χ0v) is 23.2. The van der Waals surface area contributed by atoms with Gasteiger partial charge in [0, 0.05) is 46.0 Å². The molecule has 0 saturated heterocycles. The van der Waals surface area contributed by atoms with Crippen LogP contribution in [0.25, 0.3) is 21.9 Å². The van der Waals surface area contributed by atoms with Crippen molar-refractivity contribution in [2.75, 3.05) is 13.7 Å². The first kappa shape index (κ1) is 26.4. The fraction of sp³-hybridized carbons (Fsp3) is 0.242. The van der Waals surface area contributed by atoms with Crippen molar-refractivity contribution in [1.29, 1.82) is 0 Å². The van der Waals surface area contributed by atoms with E-state index in [9.17, 15) is 14.4 Å². The van der Waals surface area contributed by atoms with Gasteiger partial charge in [0.2, 0.25) is 0 Å². The molecule has 6 rings (SSSR count). The molecule has 41 heavy (non-hydrogen) atoms. The minimum Gasteiger partial charge on any atom is -0.483 e. The summed E-state index contributed by atoms with van der Waals surface area (Å²) in [6, 6.07) is 20.5. The van der Waals surface area contributed by atoms with Gasteiger partial charge in [0.25, 0.3) is 5.91 Å². The summed E-state index contributed by atoms with van der Waals surface area (Å²) in [6.07, 6.45) is 0.828. The molecule has 8 nitrogen and oxygen atoms in total. The monoisotopic (exact) mass is 550 g/mol. The summed E-state index contributed by atoms with van der Waals surface area (Å²) in [5, 5.41) is 1.86. The van der Waals surface area contributed by atoms with Crippen LogP contribution >= 0.6 is 0 Å². The van der Waals surface area contributed by atoms with Crippen LogP contribution in [0.15, 0.2) is 75.9 Å². The van der Waals surface area contributed by atoms with E-state index < -0.39 is 17.6 Å². The fourth-order valence-corrected chi connectivity index (χ4v) is 5.77. The number of carbonyl (C=O) groups excluding carboxylic acids is 2. The second kappa shape index (κ2) is 10.6. The number of carbonyl (C=O) groups is 2. The summed E-state index contributed by atoms with van der Waals surface area (Å²) in [4.78, 5) is 44.0. The summed E-state index contributed by atoms with van der Waals surface area (Å²) in [6.45, 7) is 3.67. The topological polar surface area (TPSA) is 102 Å². The Morgan fingerprint density at radius 2 is 1.73 bits per heavy atom. The molecule has 208 valence electrons. The van der Waals surface area contributed by atoms with Crippen LogP contribution in [0.1, 0.15) is 33.5 Å². The third kappa shape index (κ3) is 4.75. The molecular formula is C33H30N2O6. The number of ether oxygens (including phenoxy) is 2. The van der Waals surface area contributed by atoms with Gasteiger partial charge in [0.15, 0.2) is 6.61 Å². The predicted octanol–water partition coefficient (Wildman–Crippen LogP) is 4.99. The third-order valence-corrected chi connectivity index (χ3v) is 8.03. The quantitative estimate of drug-likeness (QED) is 0.236. The van der Waals surface area contributed by atoms with Gasteiger partial charge in [-0.1, -0.05) is 48.5 Å². The van der Waals surface area contributed by atoms with Gasteiger partial charge >= 0.3 is 11.6 Å². The molecule has 1 N–H and O–H groups in total. The molecule has 1 amide bonds. The van der Waals surface area contributed by atoms with Crippen LogP contribution in [-0.2, 0) is 33.7 Å². The maximum Gasteiger partial charge on any atom is 0.340 e. The number of hydrogen-bond donors (Lipinski definition) is 1. The highest BCUT2D eigenvalue weighted by Gasteiger charge is 2.37. The molecule has 8 heteroatoms. The lowest BCUT2D eigenvalue weighted by Gasteiger charge is -2.33. The summed E-state index contributed by atoms with van der Waals surface area (Å²) in [5.74, 6) is -0.387. The van der Waals surface area contributed by atoms with Crippen molar-refractivity contribution >= 4 is 33.7 Å². The van der Waals surface area contributed by atoms with E-state index in [0.717, 1.165) is 38.7 Å². The van der Waals surface area contributed by atoms with E-state index in [1.807, 2.05) is 67.6 Å². The normalized spacial score (nSPS) is 14.7. The number of aromatic nitrogens is 1. The number of aromatic amines is 1. The zero-order valence-electron chi connectivity index (χ0n) is 23.2. The second-order valence-corrected chi connectivity index (χ2v) is 10.4. The Hall–Kier alpha value is -4.85. The molecule has 0 unspecified atom stereocenters. The first-order chi connectivity index (χ1) is 19.9. The molecule has 0 aliphatic carbocycles. The van der Waals surface area contributed by atoms with Crippen LogP contribution in [-0.4, -0.2) is 41.5 Å². The number of hydrogen-bond acceptors (Lipinski definition) is 6. The molecule has 1 atom stereocenters. The van der Waals surface area contributed by atoms with Crippen molar-refractivity contribution < 1.29 is 23.5 Å². The van der Waals surface area contributed by atoms with Crippen molar-refractivity contribution in [2.45, 2.75) is 39.3 Å². The van der Waals surface area contributed by atoms with Gasteiger partial charge in [-0.05, 0) is 48.7 Å². The second-order valence-electron chi connectivity index (χ2n) is 10.4. The molecule has 0 bridgehead atoms. The predicted molar refractivity (Wildman–Crippen MR) is 155 cm³/mol. The smallest absolute Gasteiger partial charge is 0.340 e. The van der Waals surface area contributed by atoms with Gasteiger partial charge < -0.3 is 23.8 Å². The van der Waals surface area contributed by atoms with Crippen LogP contribution in [0.2, 0.25) is 0 Å². The molecule has 3 heterocycles. The molecular weight excluding hydrogens is 520 g/mol. The highest BCUT2D eigenvalue weighted by molar-refractivity contribution is 5.90. The molecule has 1 aliphatic heterocycles. The van der Waals surface area contributed by atoms with E-state index in [2.05, 4.69) is 4.98 Å². The number of esters is 1. The summed E-state index contributed by atoms with van der Waals surface area (Å²) >= 11 is 0. The Morgan fingerprint density at radius 1 is 0.976 bits per heavy atom. The number of aryl methyl sites for hydroxylation is 2. The van der Waals surface area contributed by atoms with Crippen LogP contribution in [0.4, 0.5) is 0 Å². The van der Waals surface area contributed by atoms with E-state index in [0.29, 0.717) is 35.3 Å².